The van der Waals surface area contributed by atoms with Crippen LogP contribution in [-0.2, 0) is 44.1 Å². The van der Waals surface area contributed by atoms with Crippen LogP contribution in [0.1, 0.15) is 192 Å². The van der Waals surface area contributed by atoms with Crippen LogP contribution in [0, 0.1) is 0 Å². The van der Waals surface area contributed by atoms with Crippen molar-refractivity contribution in [2.75, 3.05) is 0 Å². The SMILES string of the molecule is CCCCCCCCCCCCCCCc1ccc(CCCCCCCCCCCCCCC)c(SP([O-])([O-])=S)c1.[Zn+2]. The molecule has 0 saturated heterocycles. The molecule has 0 saturated carbocycles. The van der Waals surface area contributed by atoms with E-state index in [1.165, 1.54) is 166 Å². The molecule has 1 aromatic rings. The van der Waals surface area contributed by atoms with Crippen molar-refractivity contribution in [3.8, 4) is 0 Å². The predicted molar refractivity (Wildman–Crippen MR) is 185 cm³/mol. The molecule has 240 valence electrons. The number of unbranched alkanes of at least 4 members (excludes halogenated alkanes) is 24. The Balaban J connectivity index is 0.0000168. The van der Waals surface area contributed by atoms with E-state index < -0.39 is 5.69 Å². The molecule has 0 atom stereocenters. The van der Waals surface area contributed by atoms with E-state index in [1.807, 2.05) is 0 Å². The topological polar surface area (TPSA) is 46.1 Å². The van der Waals surface area contributed by atoms with E-state index in [0.29, 0.717) is 0 Å². The molecule has 6 heteroatoms. The summed E-state index contributed by atoms with van der Waals surface area (Å²) in [7, 11) is 0. The van der Waals surface area contributed by atoms with Crippen molar-refractivity contribution in [2.45, 2.75) is 199 Å². The van der Waals surface area contributed by atoms with Crippen molar-refractivity contribution >= 4 is 28.9 Å². The summed E-state index contributed by atoms with van der Waals surface area (Å²) in [5.74, 6) is 0. The Labute approximate surface area is 284 Å². The molecular formula is C36H65O2PS2Zn. The van der Waals surface area contributed by atoms with Crippen LogP contribution in [0.15, 0.2) is 23.1 Å². The molecule has 0 aromatic heterocycles. The van der Waals surface area contributed by atoms with Gasteiger partial charge in [0.2, 0.25) is 0 Å². The molecule has 42 heavy (non-hydrogen) atoms. The maximum Gasteiger partial charge on any atom is 2.00 e. The van der Waals surface area contributed by atoms with Crippen LogP contribution in [-0.4, -0.2) is 0 Å². The molecule has 0 amide bonds. The van der Waals surface area contributed by atoms with Crippen molar-refractivity contribution in [1.82, 2.24) is 0 Å². The molecule has 0 radical (unpaired) electrons. The van der Waals surface area contributed by atoms with Crippen molar-refractivity contribution in [3.63, 3.8) is 0 Å². The Morgan fingerprint density at radius 1 is 0.524 bits per heavy atom. The summed E-state index contributed by atoms with van der Waals surface area (Å²) in [6, 6.07) is 6.51. The molecular weight excluding hydrogens is 625 g/mol. The molecule has 2 nitrogen and oxygen atoms in total. The molecule has 0 bridgehead atoms. The fraction of sp³-hybridized carbons (Fsp3) is 0.833. The van der Waals surface area contributed by atoms with Crippen LogP contribution in [0.5, 0.6) is 0 Å². The fourth-order valence-electron chi connectivity index (χ4n) is 5.85. The Kier molecular flexibility index (Phi) is 31.0. The van der Waals surface area contributed by atoms with Crippen molar-refractivity contribution in [2.24, 2.45) is 0 Å². The van der Waals surface area contributed by atoms with Gasteiger partial charge in [-0.05, 0) is 42.9 Å². The summed E-state index contributed by atoms with van der Waals surface area (Å²) in [6.45, 7) is 4.56. The normalized spacial score (nSPS) is 11.6. The summed E-state index contributed by atoms with van der Waals surface area (Å²) in [5, 5.41) is 0. The minimum atomic E-state index is -3.82. The number of benzene rings is 1. The van der Waals surface area contributed by atoms with E-state index in [4.69, 9.17) is 11.8 Å². The van der Waals surface area contributed by atoms with Gasteiger partial charge >= 0.3 is 19.5 Å². The standard InChI is InChI=1S/C36H67O2PS2.Zn/c1-3-5-7-9-11-13-15-17-19-21-23-25-27-29-34-31-32-35(36(33-34)41-39(37,38)40)30-28-26-24-22-20-18-16-14-12-10-8-6-4-2;/h31-33H,3-30H2,1-2H3,(H2,37,38,40);/q;+2/p-2. The van der Waals surface area contributed by atoms with Crippen LogP contribution in [0.25, 0.3) is 0 Å². The summed E-state index contributed by atoms with van der Waals surface area (Å²) < 4.78 is 0. The van der Waals surface area contributed by atoms with Gasteiger partial charge in [0.25, 0.3) is 0 Å². The third-order valence-electron chi connectivity index (χ3n) is 8.46. The summed E-state index contributed by atoms with van der Waals surface area (Å²) in [5.41, 5.74) is -1.40. The van der Waals surface area contributed by atoms with Gasteiger partial charge in [-0.25, -0.2) is 0 Å². The zero-order chi connectivity index (χ0) is 29.9. The number of aryl methyl sites for hydroxylation is 2. The van der Waals surface area contributed by atoms with E-state index in [-0.39, 0.29) is 19.5 Å². The molecule has 0 N–H and O–H groups in total. The predicted octanol–water partition coefficient (Wildman–Crippen LogP) is 12.0. The average molecular weight is 690 g/mol. The van der Waals surface area contributed by atoms with Crippen LogP contribution in [0.3, 0.4) is 0 Å². The van der Waals surface area contributed by atoms with Gasteiger partial charge in [-0.1, -0.05) is 180 Å². The van der Waals surface area contributed by atoms with Crippen molar-refractivity contribution in [1.29, 1.82) is 0 Å². The monoisotopic (exact) mass is 688 g/mol. The van der Waals surface area contributed by atoms with E-state index in [2.05, 4.69) is 32.0 Å². The minimum absolute atomic E-state index is 0. The number of rotatable bonds is 30. The first kappa shape index (κ1) is 42.8. The summed E-state index contributed by atoms with van der Waals surface area (Å²) >= 11 is 5.67. The van der Waals surface area contributed by atoms with Crippen LogP contribution in [0.2, 0.25) is 0 Å². The molecule has 0 aliphatic carbocycles. The number of hydrogen-bond donors (Lipinski definition) is 0. The summed E-state index contributed by atoms with van der Waals surface area (Å²) in [6.07, 6.45) is 37.2. The second-order valence-electron chi connectivity index (χ2n) is 12.5. The van der Waals surface area contributed by atoms with Crippen molar-refractivity contribution in [3.05, 3.63) is 29.3 Å². The second kappa shape index (κ2) is 30.4. The van der Waals surface area contributed by atoms with Gasteiger partial charge in [-0.15, -0.1) is 23.2 Å². The van der Waals surface area contributed by atoms with Crippen LogP contribution in [0.4, 0.5) is 0 Å². The van der Waals surface area contributed by atoms with E-state index in [9.17, 15) is 9.79 Å². The van der Waals surface area contributed by atoms with E-state index in [1.54, 1.807) is 0 Å². The molecule has 0 aliphatic heterocycles. The van der Waals surface area contributed by atoms with Gasteiger partial charge in [0.05, 0.1) is 0 Å². The number of hydrogen-bond acceptors (Lipinski definition) is 4. The van der Waals surface area contributed by atoms with Gasteiger partial charge < -0.3 is 9.79 Å². The molecule has 1 aromatic carbocycles. The zero-order valence-electron chi connectivity index (χ0n) is 27.8. The maximum absolute atomic E-state index is 11.9. The Morgan fingerprint density at radius 2 is 0.857 bits per heavy atom. The first-order valence-corrected chi connectivity index (χ1v) is 21.9. The van der Waals surface area contributed by atoms with E-state index >= 15 is 0 Å². The minimum Gasteiger partial charge on any atom is -0.824 e. The maximum atomic E-state index is 11.9. The fourth-order valence-corrected chi connectivity index (χ4v) is 8.53. The van der Waals surface area contributed by atoms with Gasteiger partial charge in [-0.3, -0.25) is 0 Å². The van der Waals surface area contributed by atoms with Gasteiger partial charge in [0.1, 0.15) is 0 Å². The molecule has 0 heterocycles. The summed E-state index contributed by atoms with van der Waals surface area (Å²) in [4.78, 5) is 24.8. The van der Waals surface area contributed by atoms with Crippen molar-refractivity contribution < 1.29 is 29.3 Å². The van der Waals surface area contributed by atoms with Crippen LogP contribution >= 0.6 is 17.1 Å². The van der Waals surface area contributed by atoms with Gasteiger partial charge in [0, 0.05) is 4.90 Å². The molecule has 1 rings (SSSR count). The van der Waals surface area contributed by atoms with Gasteiger partial charge in [0.15, 0.2) is 0 Å². The Bertz CT molecular complexity index is 771. The molecule has 0 aliphatic rings. The molecule has 0 spiro atoms. The Morgan fingerprint density at radius 3 is 1.21 bits per heavy atom. The zero-order valence-corrected chi connectivity index (χ0v) is 33.3. The largest absolute Gasteiger partial charge is 2.00 e. The average Bonchev–Trinajstić information content (AvgIpc) is 2.94. The molecule has 0 unspecified atom stereocenters. The Hall–Kier alpha value is 0.763. The smallest absolute Gasteiger partial charge is 0.824 e. The third kappa shape index (κ3) is 27.1. The first-order valence-electron chi connectivity index (χ1n) is 17.8. The third-order valence-corrected chi connectivity index (χ3v) is 11.2. The van der Waals surface area contributed by atoms with Crippen LogP contribution < -0.4 is 9.79 Å². The molecule has 0 fully saturated rings. The van der Waals surface area contributed by atoms with E-state index in [0.717, 1.165) is 41.1 Å². The first-order chi connectivity index (χ1) is 20.0. The quantitative estimate of drug-likeness (QED) is 0.0458. The van der Waals surface area contributed by atoms with Gasteiger partial charge in [-0.2, -0.15) is 5.69 Å². The second-order valence-corrected chi connectivity index (χ2v) is 18.1.